The highest BCUT2D eigenvalue weighted by Crippen LogP contribution is 2.39. The molecule has 1 amide bonds. The molecule has 2 rings (SSSR count). The normalized spacial score (nSPS) is 17.7. The smallest absolute Gasteiger partial charge is 0.328 e. The van der Waals surface area contributed by atoms with E-state index in [9.17, 15) is 19.8 Å². The lowest BCUT2D eigenvalue weighted by atomic mass is 10.0. The topological polar surface area (TPSA) is 95.9 Å². The summed E-state index contributed by atoms with van der Waals surface area (Å²) in [7, 11) is 5.13. The molecule has 1 aliphatic heterocycles. The van der Waals surface area contributed by atoms with Crippen LogP contribution in [0.4, 0.5) is 0 Å². The van der Waals surface area contributed by atoms with Crippen molar-refractivity contribution in [3.63, 3.8) is 0 Å². The minimum absolute atomic E-state index is 0.183. The van der Waals surface area contributed by atoms with E-state index in [4.69, 9.17) is 4.74 Å². The highest BCUT2D eigenvalue weighted by Gasteiger charge is 2.22. The van der Waals surface area contributed by atoms with Gasteiger partial charge in [0.1, 0.15) is 6.04 Å². The second kappa shape index (κ2) is 10.6. The number of carbonyl (C=O) groups excluding carboxylic acids is 2. The summed E-state index contributed by atoms with van der Waals surface area (Å²) in [5.41, 5.74) is 0.617. The van der Waals surface area contributed by atoms with Gasteiger partial charge in [0, 0.05) is 23.8 Å². The van der Waals surface area contributed by atoms with Crippen molar-refractivity contribution >= 4 is 33.5 Å². The average molecular weight is 400 g/mol. The Hall–Kier alpha value is -1.54. The molecular formula is C18H25NO5S2. The SMILES string of the molecule is COC(=O)[C@H](Cc1ccc(O)c(O)c1)NC(=O)CCCC[C@@H]1CCSS1. The molecule has 0 unspecified atom stereocenters. The van der Waals surface area contributed by atoms with Gasteiger partial charge in [-0.05, 0) is 37.0 Å². The van der Waals surface area contributed by atoms with Gasteiger partial charge in [-0.2, -0.15) is 0 Å². The van der Waals surface area contributed by atoms with E-state index in [0.29, 0.717) is 17.2 Å². The van der Waals surface area contributed by atoms with E-state index in [1.807, 2.05) is 21.6 Å². The summed E-state index contributed by atoms with van der Waals surface area (Å²) in [5, 5.41) is 22.3. The number of ether oxygens (including phenoxy) is 1. The van der Waals surface area contributed by atoms with Gasteiger partial charge >= 0.3 is 5.97 Å². The third-order valence-corrected chi connectivity index (χ3v) is 7.21. The molecule has 2 atom stereocenters. The molecule has 1 aliphatic rings. The van der Waals surface area contributed by atoms with E-state index in [1.54, 1.807) is 6.07 Å². The van der Waals surface area contributed by atoms with E-state index in [0.717, 1.165) is 19.3 Å². The van der Waals surface area contributed by atoms with Crippen molar-refractivity contribution in [2.45, 2.75) is 49.8 Å². The highest BCUT2D eigenvalue weighted by atomic mass is 33.1. The van der Waals surface area contributed by atoms with Gasteiger partial charge in [-0.1, -0.05) is 34.1 Å². The Balaban J connectivity index is 1.80. The van der Waals surface area contributed by atoms with Crippen LogP contribution in [-0.4, -0.2) is 46.2 Å². The average Bonchev–Trinajstić information content (AvgIpc) is 3.14. The Kier molecular flexibility index (Phi) is 8.44. The number of methoxy groups -OCH3 is 1. The van der Waals surface area contributed by atoms with Gasteiger partial charge in [0.25, 0.3) is 0 Å². The van der Waals surface area contributed by atoms with Crippen molar-refractivity contribution in [3.05, 3.63) is 23.8 Å². The molecule has 0 saturated carbocycles. The van der Waals surface area contributed by atoms with Crippen LogP contribution in [0.2, 0.25) is 0 Å². The van der Waals surface area contributed by atoms with E-state index in [2.05, 4.69) is 5.32 Å². The highest BCUT2D eigenvalue weighted by molar-refractivity contribution is 8.77. The number of amides is 1. The zero-order chi connectivity index (χ0) is 18.9. The molecule has 6 nitrogen and oxygen atoms in total. The molecule has 1 aromatic carbocycles. The Morgan fingerprint density at radius 3 is 2.77 bits per heavy atom. The number of carbonyl (C=O) groups is 2. The predicted octanol–water partition coefficient (Wildman–Crippen LogP) is 3.01. The zero-order valence-electron chi connectivity index (χ0n) is 14.8. The predicted molar refractivity (Wildman–Crippen MR) is 104 cm³/mol. The van der Waals surface area contributed by atoms with Gasteiger partial charge in [0.2, 0.25) is 5.91 Å². The number of rotatable bonds is 9. The Labute approximate surface area is 161 Å². The molecule has 1 saturated heterocycles. The second-order valence-electron chi connectivity index (χ2n) is 6.25. The first-order valence-electron chi connectivity index (χ1n) is 8.66. The number of benzene rings is 1. The van der Waals surface area contributed by atoms with E-state index in [1.165, 1.54) is 31.4 Å². The Morgan fingerprint density at radius 1 is 1.31 bits per heavy atom. The van der Waals surface area contributed by atoms with E-state index in [-0.39, 0.29) is 23.8 Å². The third kappa shape index (κ3) is 6.64. The zero-order valence-corrected chi connectivity index (χ0v) is 16.4. The molecule has 1 aromatic rings. The summed E-state index contributed by atoms with van der Waals surface area (Å²) in [6.07, 6.45) is 4.71. The van der Waals surface area contributed by atoms with Crippen LogP contribution in [0.5, 0.6) is 11.5 Å². The standard InChI is InChI=1S/C18H25NO5S2/c1-24-18(23)14(10-12-6-7-15(20)16(21)11-12)19-17(22)5-3-2-4-13-8-9-25-26-13/h6-7,11,13-14,20-21H,2-5,8-10H2,1H3,(H,19,22)/t13-,14+/m1/s1. The summed E-state index contributed by atoms with van der Waals surface area (Å²) in [6, 6.07) is 3.49. The molecule has 8 heteroatoms. The summed E-state index contributed by atoms with van der Waals surface area (Å²) < 4.78 is 4.76. The molecule has 0 radical (unpaired) electrons. The largest absolute Gasteiger partial charge is 0.504 e. The number of phenols is 2. The number of unbranched alkanes of at least 4 members (excludes halogenated alkanes) is 1. The van der Waals surface area contributed by atoms with Gasteiger partial charge < -0.3 is 20.3 Å². The quantitative estimate of drug-likeness (QED) is 0.254. The van der Waals surface area contributed by atoms with Crippen LogP contribution in [0.25, 0.3) is 0 Å². The van der Waals surface area contributed by atoms with Gasteiger partial charge in [0.15, 0.2) is 11.5 Å². The number of nitrogens with one attached hydrogen (secondary N) is 1. The fourth-order valence-electron chi connectivity index (χ4n) is 2.76. The number of aromatic hydroxyl groups is 2. The van der Waals surface area contributed by atoms with Crippen molar-refractivity contribution in [2.75, 3.05) is 12.9 Å². The molecule has 3 N–H and O–H groups in total. The summed E-state index contributed by atoms with van der Waals surface area (Å²) in [4.78, 5) is 24.1. The maximum absolute atomic E-state index is 12.2. The number of hydrogen-bond acceptors (Lipinski definition) is 7. The molecule has 0 spiro atoms. The van der Waals surface area contributed by atoms with Crippen LogP contribution in [0.15, 0.2) is 18.2 Å². The summed E-state index contributed by atoms with van der Waals surface area (Å²) >= 11 is 0. The first-order chi connectivity index (χ1) is 12.5. The van der Waals surface area contributed by atoms with Gasteiger partial charge in [0.05, 0.1) is 7.11 Å². The van der Waals surface area contributed by atoms with E-state index < -0.39 is 12.0 Å². The first kappa shape index (κ1) is 20.8. The van der Waals surface area contributed by atoms with Gasteiger partial charge in [-0.25, -0.2) is 4.79 Å². The fraction of sp³-hybridized carbons (Fsp3) is 0.556. The first-order valence-corrected chi connectivity index (χ1v) is 11.0. The van der Waals surface area contributed by atoms with Crippen LogP contribution in [0.3, 0.4) is 0 Å². The number of esters is 1. The molecular weight excluding hydrogens is 374 g/mol. The van der Waals surface area contributed by atoms with Crippen LogP contribution in [0, 0.1) is 0 Å². The van der Waals surface area contributed by atoms with Gasteiger partial charge in [-0.15, -0.1) is 0 Å². The molecule has 1 heterocycles. The maximum Gasteiger partial charge on any atom is 0.328 e. The lowest BCUT2D eigenvalue weighted by Gasteiger charge is -2.17. The molecule has 144 valence electrons. The molecule has 0 aromatic heterocycles. The minimum Gasteiger partial charge on any atom is -0.504 e. The van der Waals surface area contributed by atoms with Crippen LogP contribution in [-0.2, 0) is 20.7 Å². The van der Waals surface area contributed by atoms with Crippen molar-refractivity contribution in [1.82, 2.24) is 5.32 Å². The molecule has 1 fully saturated rings. The number of phenolic OH excluding ortho intramolecular Hbond substituents is 2. The lowest BCUT2D eigenvalue weighted by Crippen LogP contribution is -2.43. The van der Waals surface area contributed by atoms with Crippen molar-refractivity contribution in [1.29, 1.82) is 0 Å². The maximum atomic E-state index is 12.2. The Morgan fingerprint density at radius 2 is 2.12 bits per heavy atom. The Bertz CT molecular complexity index is 620. The van der Waals surface area contributed by atoms with Crippen LogP contribution in [0.1, 0.15) is 37.7 Å². The summed E-state index contributed by atoms with van der Waals surface area (Å²) in [6.45, 7) is 0. The third-order valence-electron chi connectivity index (χ3n) is 4.21. The van der Waals surface area contributed by atoms with E-state index >= 15 is 0 Å². The van der Waals surface area contributed by atoms with Crippen LogP contribution < -0.4 is 5.32 Å². The molecule has 0 aliphatic carbocycles. The molecule has 0 bridgehead atoms. The molecule has 26 heavy (non-hydrogen) atoms. The van der Waals surface area contributed by atoms with Crippen molar-refractivity contribution in [3.8, 4) is 11.5 Å². The summed E-state index contributed by atoms with van der Waals surface area (Å²) in [5.74, 6) is -0.00236. The van der Waals surface area contributed by atoms with Crippen molar-refractivity contribution in [2.24, 2.45) is 0 Å². The monoisotopic (exact) mass is 399 g/mol. The van der Waals surface area contributed by atoms with Gasteiger partial charge in [-0.3, -0.25) is 4.79 Å². The van der Waals surface area contributed by atoms with Crippen LogP contribution >= 0.6 is 21.6 Å². The number of hydrogen-bond donors (Lipinski definition) is 3. The fourth-order valence-corrected chi connectivity index (χ4v) is 5.78. The minimum atomic E-state index is -0.821. The van der Waals surface area contributed by atoms with Crippen molar-refractivity contribution < 1.29 is 24.5 Å². The lowest BCUT2D eigenvalue weighted by molar-refractivity contribution is -0.145. The second-order valence-corrected chi connectivity index (χ2v) is 9.03.